The minimum atomic E-state index is -0.931. The van der Waals surface area contributed by atoms with Crippen molar-refractivity contribution in [2.45, 2.75) is 19.4 Å². The Bertz CT molecular complexity index is 584. The largest absolute Gasteiger partial charge is 0.481 e. The number of carboxylic acid groups (broad SMARTS) is 1. The molecule has 0 bridgehead atoms. The van der Waals surface area contributed by atoms with Crippen molar-refractivity contribution in [3.8, 4) is 0 Å². The molecule has 0 fully saturated rings. The Labute approximate surface area is 121 Å². The molecule has 1 N–H and O–H groups in total. The molecule has 0 unspecified atom stereocenters. The van der Waals surface area contributed by atoms with Gasteiger partial charge >= 0.3 is 5.97 Å². The Balaban J connectivity index is 2.03. The van der Waals surface area contributed by atoms with Gasteiger partial charge in [-0.25, -0.2) is 4.98 Å². The fourth-order valence-electron chi connectivity index (χ4n) is 1.91. The van der Waals surface area contributed by atoms with Gasteiger partial charge in [0.2, 0.25) is 5.91 Å². The lowest BCUT2D eigenvalue weighted by atomic mass is 10.2. The topological polar surface area (TPSA) is 88.3 Å². The lowest BCUT2D eigenvalue weighted by Crippen LogP contribution is -2.33. The predicted octanol–water partition coefficient (Wildman–Crippen LogP) is 1.18. The summed E-state index contributed by atoms with van der Waals surface area (Å²) >= 11 is 0. The summed E-state index contributed by atoms with van der Waals surface area (Å²) in [5.41, 5.74) is 0.697. The van der Waals surface area contributed by atoms with Gasteiger partial charge in [0.05, 0.1) is 13.0 Å². The van der Waals surface area contributed by atoms with Gasteiger partial charge in [-0.05, 0) is 12.1 Å². The summed E-state index contributed by atoms with van der Waals surface area (Å²) in [6.45, 7) is 0.560. The molecule has 0 radical (unpaired) electrons. The highest BCUT2D eigenvalue weighted by Crippen LogP contribution is 2.15. The van der Waals surface area contributed by atoms with Gasteiger partial charge in [-0.1, -0.05) is 18.2 Å². The first kappa shape index (κ1) is 14.7. The van der Waals surface area contributed by atoms with E-state index in [1.54, 1.807) is 16.8 Å². The number of aromatic nitrogens is 3. The van der Waals surface area contributed by atoms with Crippen LogP contribution in [0.4, 0.5) is 5.69 Å². The van der Waals surface area contributed by atoms with Crippen LogP contribution in [0.25, 0.3) is 0 Å². The molecule has 2 aromatic rings. The smallest absolute Gasteiger partial charge is 0.305 e. The maximum atomic E-state index is 12.3. The molecule has 21 heavy (non-hydrogen) atoms. The molecule has 0 atom stereocenters. The van der Waals surface area contributed by atoms with Crippen LogP contribution >= 0.6 is 0 Å². The highest BCUT2D eigenvalue weighted by molar-refractivity contribution is 5.93. The minimum absolute atomic E-state index is 0.0933. The average molecular weight is 288 g/mol. The molecular formula is C14H16N4O3. The Morgan fingerprint density at radius 2 is 1.95 bits per heavy atom. The van der Waals surface area contributed by atoms with E-state index in [-0.39, 0.29) is 25.3 Å². The van der Waals surface area contributed by atoms with Gasteiger partial charge in [0.25, 0.3) is 0 Å². The third-order valence-electron chi connectivity index (χ3n) is 2.94. The Morgan fingerprint density at radius 1 is 1.19 bits per heavy atom. The van der Waals surface area contributed by atoms with Gasteiger partial charge in [0.15, 0.2) is 0 Å². The summed E-state index contributed by atoms with van der Waals surface area (Å²) in [6.07, 6.45) is 3.09. The van der Waals surface area contributed by atoms with E-state index in [2.05, 4.69) is 10.1 Å². The number of aliphatic carboxylic acids is 1. The van der Waals surface area contributed by atoms with Gasteiger partial charge < -0.3 is 10.0 Å². The second-order valence-corrected chi connectivity index (χ2v) is 4.43. The third kappa shape index (κ3) is 4.41. The first-order chi connectivity index (χ1) is 10.2. The van der Waals surface area contributed by atoms with Crippen molar-refractivity contribution >= 4 is 17.6 Å². The zero-order valence-corrected chi connectivity index (χ0v) is 11.4. The first-order valence-corrected chi connectivity index (χ1v) is 6.56. The van der Waals surface area contributed by atoms with Crippen LogP contribution in [-0.4, -0.2) is 38.3 Å². The summed E-state index contributed by atoms with van der Waals surface area (Å²) in [5.74, 6) is -1.07. The van der Waals surface area contributed by atoms with Crippen LogP contribution < -0.4 is 4.90 Å². The third-order valence-corrected chi connectivity index (χ3v) is 2.94. The van der Waals surface area contributed by atoms with Gasteiger partial charge in [0.1, 0.15) is 12.7 Å². The number of hydrogen-bond donors (Lipinski definition) is 1. The molecular weight excluding hydrogens is 272 g/mol. The molecule has 2 rings (SSSR count). The molecule has 1 aromatic heterocycles. The van der Waals surface area contributed by atoms with Crippen molar-refractivity contribution in [2.75, 3.05) is 11.4 Å². The van der Waals surface area contributed by atoms with Crippen LogP contribution in [0.2, 0.25) is 0 Å². The van der Waals surface area contributed by atoms with E-state index in [0.717, 1.165) is 0 Å². The number of carboxylic acids is 1. The molecule has 0 saturated heterocycles. The summed E-state index contributed by atoms with van der Waals surface area (Å²) in [7, 11) is 0. The van der Waals surface area contributed by atoms with Gasteiger partial charge in [-0.3, -0.25) is 14.3 Å². The fourth-order valence-corrected chi connectivity index (χ4v) is 1.91. The Kier molecular flexibility index (Phi) is 5.03. The molecule has 1 aromatic carbocycles. The normalized spacial score (nSPS) is 10.3. The summed E-state index contributed by atoms with van der Waals surface area (Å²) in [6, 6.07) is 9.05. The number of para-hydroxylation sites is 1. The van der Waals surface area contributed by atoms with E-state index in [4.69, 9.17) is 5.11 Å². The zero-order chi connectivity index (χ0) is 15.1. The molecule has 0 spiro atoms. The van der Waals surface area contributed by atoms with Crippen LogP contribution in [0.3, 0.4) is 0 Å². The highest BCUT2D eigenvalue weighted by atomic mass is 16.4. The van der Waals surface area contributed by atoms with Crippen LogP contribution in [-0.2, 0) is 16.1 Å². The summed E-state index contributed by atoms with van der Waals surface area (Å²) < 4.78 is 1.57. The molecule has 0 aliphatic rings. The first-order valence-electron chi connectivity index (χ1n) is 6.56. The lowest BCUT2D eigenvalue weighted by molar-refractivity contribution is -0.136. The van der Waals surface area contributed by atoms with Crippen LogP contribution in [0.5, 0.6) is 0 Å². The standard InChI is InChI=1S/C14H16N4O3/c19-13(6-8-17-11-15-10-16-17)18(9-7-14(20)21)12-4-2-1-3-5-12/h1-5,10-11H,6-9H2,(H,20,21). The molecule has 1 heterocycles. The number of nitrogens with zero attached hydrogens (tertiary/aromatic N) is 4. The van der Waals surface area contributed by atoms with E-state index in [1.807, 2.05) is 18.2 Å². The zero-order valence-electron chi connectivity index (χ0n) is 11.4. The number of rotatable bonds is 7. The number of amides is 1. The fraction of sp³-hybridized carbons (Fsp3) is 0.286. The summed E-state index contributed by atoms with van der Waals surface area (Å²) in [4.78, 5) is 28.4. The maximum absolute atomic E-state index is 12.3. The highest BCUT2D eigenvalue weighted by Gasteiger charge is 2.16. The van der Waals surface area contributed by atoms with Crippen LogP contribution in [0.15, 0.2) is 43.0 Å². The van der Waals surface area contributed by atoms with E-state index in [9.17, 15) is 9.59 Å². The number of anilines is 1. The van der Waals surface area contributed by atoms with Crippen molar-refractivity contribution in [3.63, 3.8) is 0 Å². The second-order valence-electron chi connectivity index (χ2n) is 4.43. The van der Waals surface area contributed by atoms with Crippen molar-refractivity contribution < 1.29 is 14.7 Å². The molecule has 7 heteroatoms. The number of aryl methyl sites for hydroxylation is 1. The van der Waals surface area contributed by atoms with Gasteiger partial charge in [-0.15, -0.1) is 0 Å². The van der Waals surface area contributed by atoms with E-state index < -0.39 is 5.97 Å². The number of benzene rings is 1. The van der Waals surface area contributed by atoms with Crippen molar-refractivity contribution in [1.82, 2.24) is 14.8 Å². The summed E-state index contributed by atoms with van der Waals surface area (Å²) in [5, 5.41) is 12.7. The predicted molar refractivity (Wildman–Crippen MR) is 75.7 cm³/mol. The SMILES string of the molecule is O=C(O)CCN(C(=O)CCn1cncn1)c1ccccc1. The van der Waals surface area contributed by atoms with E-state index >= 15 is 0 Å². The lowest BCUT2D eigenvalue weighted by Gasteiger charge is -2.22. The van der Waals surface area contributed by atoms with Gasteiger partial charge in [0, 0.05) is 18.7 Å². The Morgan fingerprint density at radius 3 is 2.57 bits per heavy atom. The molecule has 110 valence electrons. The molecule has 1 amide bonds. The number of carbonyl (C=O) groups is 2. The van der Waals surface area contributed by atoms with Gasteiger partial charge in [-0.2, -0.15) is 5.10 Å². The molecule has 0 aliphatic heterocycles. The Hall–Kier alpha value is -2.70. The van der Waals surface area contributed by atoms with Crippen LogP contribution in [0.1, 0.15) is 12.8 Å². The maximum Gasteiger partial charge on any atom is 0.305 e. The van der Waals surface area contributed by atoms with Crippen molar-refractivity contribution in [3.05, 3.63) is 43.0 Å². The quantitative estimate of drug-likeness (QED) is 0.826. The van der Waals surface area contributed by atoms with Crippen LogP contribution in [0, 0.1) is 0 Å². The van der Waals surface area contributed by atoms with E-state index in [1.165, 1.54) is 17.6 Å². The average Bonchev–Trinajstić information content (AvgIpc) is 2.99. The van der Waals surface area contributed by atoms with Crippen molar-refractivity contribution in [2.24, 2.45) is 0 Å². The monoisotopic (exact) mass is 288 g/mol. The number of carbonyl (C=O) groups excluding carboxylic acids is 1. The molecule has 0 saturated carbocycles. The van der Waals surface area contributed by atoms with E-state index in [0.29, 0.717) is 12.2 Å². The minimum Gasteiger partial charge on any atom is -0.481 e. The number of hydrogen-bond acceptors (Lipinski definition) is 4. The second kappa shape index (κ2) is 7.18. The molecule has 0 aliphatic carbocycles. The molecule has 7 nitrogen and oxygen atoms in total. The van der Waals surface area contributed by atoms with Crippen molar-refractivity contribution in [1.29, 1.82) is 0 Å².